The number of carbonyl (C=O) groups excluding carboxylic acids is 1. The first-order valence-electron chi connectivity index (χ1n) is 7.16. The van der Waals surface area contributed by atoms with Crippen molar-refractivity contribution in [1.82, 2.24) is 5.43 Å². The van der Waals surface area contributed by atoms with E-state index >= 15 is 0 Å². The highest BCUT2D eigenvalue weighted by molar-refractivity contribution is 6.00. The molecule has 0 fully saturated rings. The first-order chi connectivity index (χ1) is 11.1. The monoisotopic (exact) mass is 312 g/mol. The second-order valence-corrected chi connectivity index (χ2v) is 4.91. The Labute approximate surface area is 135 Å². The molecule has 0 spiro atoms. The maximum absolute atomic E-state index is 11.9. The van der Waals surface area contributed by atoms with Crippen molar-refractivity contribution >= 4 is 23.0 Å². The van der Waals surface area contributed by atoms with Crippen LogP contribution in [0.4, 0.5) is 11.4 Å². The Balaban J connectivity index is 1.91. The lowest BCUT2D eigenvalue weighted by molar-refractivity contribution is -0.119. The topological polar surface area (TPSA) is 88.7 Å². The van der Waals surface area contributed by atoms with Crippen LogP contribution in [0.3, 0.4) is 0 Å². The fourth-order valence-corrected chi connectivity index (χ4v) is 1.98. The van der Waals surface area contributed by atoms with E-state index in [0.717, 1.165) is 11.3 Å². The third-order valence-electron chi connectivity index (χ3n) is 3.20. The van der Waals surface area contributed by atoms with Crippen molar-refractivity contribution in [2.24, 2.45) is 5.10 Å². The minimum Gasteiger partial charge on any atom is -0.495 e. The summed E-state index contributed by atoms with van der Waals surface area (Å²) in [7, 11) is 1.58. The van der Waals surface area contributed by atoms with Crippen LogP contribution in [0.15, 0.2) is 53.6 Å². The smallest absolute Gasteiger partial charge is 0.259 e. The lowest BCUT2D eigenvalue weighted by atomic mass is 10.1. The number of hydrogen-bond donors (Lipinski definition) is 3. The fraction of sp³-hybridized carbons (Fsp3) is 0.176. The van der Waals surface area contributed by atoms with Crippen molar-refractivity contribution in [2.75, 3.05) is 24.7 Å². The SMILES string of the molecule is COc1ccccc1NCC(=O)N/N=C(\C)c1cccc(N)c1. The maximum Gasteiger partial charge on any atom is 0.259 e. The van der Waals surface area contributed by atoms with Crippen molar-refractivity contribution in [1.29, 1.82) is 0 Å². The number of anilines is 2. The molecule has 0 aliphatic rings. The number of rotatable bonds is 6. The van der Waals surface area contributed by atoms with E-state index in [1.54, 1.807) is 19.2 Å². The molecule has 0 aliphatic carbocycles. The molecule has 4 N–H and O–H groups in total. The van der Waals surface area contributed by atoms with Crippen LogP contribution in [0.25, 0.3) is 0 Å². The Morgan fingerprint density at radius 3 is 2.74 bits per heavy atom. The van der Waals surface area contributed by atoms with Crippen LogP contribution in [0.5, 0.6) is 5.75 Å². The molecule has 1 amide bonds. The highest BCUT2D eigenvalue weighted by atomic mass is 16.5. The molecule has 6 nitrogen and oxygen atoms in total. The number of hydrogen-bond acceptors (Lipinski definition) is 5. The molecular weight excluding hydrogens is 292 g/mol. The number of carbonyl (C=O) groups is 1. The number of ether oxygens (including phenoxy) is 1. The molecule has 0 saturated heterocycles. The molecule has 0 saturated carbocycles. The average molecular weight is 312 g/mol. The number of nitrogens with one attached hydrogen (secondary N) is 2. The van der Waals surface area contributed by atoms with E-state index < -0.39 is 0 Å². The zero-order valence-corrected chi connectivity index (χ0v) is 13.2. The van der Waals surface area contributed by atoms with Crippen LogP contribution in [-0.4, -0.2) is 25.3 Å². The molecule has 2 aromatic carbocycles. The second-order valence-electron chi connectivity index (χ2n) is 4.91. The van der Waals surface area contributed by atoms with E-state index in [9.17, 15) is 4.79 Å². The highest BCUT2D eigenvalue weighted by Crippen LogP contribution is 2.22. The molecular formula is C17H20N4O2. The van der Waals surface area contributed by atoms with E-state index in [2.05, 4.69) is 15.8 Å². The van der Waals surface area contributed by atoms with Gasteiger partial charge in [0.15, 0.2) is 0 Å². The number of hydrazone groups is 1. The standard InChI is InChI=1S/C17H20N4O2/c1-12(13-6-5-7-14(18)10-13)20-21-17(22)11-19-15-8-3-4-9-16(15)23-2/h3-10,19H,11,18H2,1-2H3,(H,21,22)/b20-12+. The van der Waals surface area contributed by atoms with Gasteiger partial charge in [-0.15, -0.1) is 0 Å². The molecule has 0 unspecified atom stereocenters. The third kappa shape index (κ3) is 4.74. The molecule has 0 aromatic heterocycles. The van der Waals surface area contributed by atoms with Gasteiger partial charge in [-0.3, -0.25) is 4.79 Å². The third-order valence-corrected chi connectivity index (χ3v) is 3.20. The summed E-state index contributed by atoms with van der Waals surface area (Å²) in [6.45, 7) is 1.90. The fourth-order valence-electron chi connectivity index (χ4n) is 1.98. The van der Waals surface area contributed by atoms with Crippen LogP contribution in [0.1, 0.15) is 12.5 Å². The first-order valence-corrected chi connectivity index (χ1v) is 7.16. The molecule has 120 valence electrons. The summed E-state index contributed by atoms with van der Waals surface area (Å²) in [5.41, 5.74) is 11.2. The quantitative estimate of drug-likeness (QED) is 0.433. The lowest BCUT2D eigenvalue weighted by Gasteiger charge is -2.10. The van der Waals surface area contributed by atoms with E-state index in [-0.39, 0.29) is 12.5 Å². The molecule has 2 rings (SSSR count). The molecule has 0 aliphatic heterocycles. The van der Waals surface area contributed by atoms with Gasteiger partial charge >= 0.3 is 0 Å². The van der Waals surface area contributed by atoms with Crippen molar-refractivity contribution in [3.8, 4) is 5.75 Å². The Kier molecular flexibility index (Phi) is 5.57. The van der Waals surface area contributed by atoms with Gasteiger partial charge < -0.3 is 15.8 Å². The minimum atomic E-state index is -0.251. The van der Waals surface area contributed by atoms with Crippen molar-refractivity contribution in [3.05, 3.63) is 54.1 Å². The number of para-hydroxylation sites is 2. The molecule has 23 heavy (non-hydrogen) atoms. The van der Waals surface area contributed by atoms with Crippen LogP contribution >= 0.6 is 0 Å². The van der Waals surface area contributed by atoms with Gasteiger partial charge in [0.1, 0.15) is 5.75 Å². The van der Waals surface area contributed by atoms with Crippen molar-refractivity contribution in [2.45, 2.75) is 6.92 Å². The number of amides is 1. The maximum atomic E-state index is 11.9. The van der Waals surface area contributed by atoms with Crippen LogP contribution in [0, 0.1) is 0 Å². The van der Waals surface area contributed by atoms with Gasteiger partial charge in [0, 0.05) is 5.69 Å². The molecule has 6 heteroatoms. The number of nitrogens with two attached hydrogens (primary N) is 1. The van der Waals surface area contributed by atoms with Crippen LogP contribution in [-0.2, 0) is 4.79 Å². The zero-order valence-electron chi connectivity index (χ0n) is 13.2. The van der Waals surface area contributed by atoms with Gasteiger partial charge in [0.2, 0.25) is 0 Å². The van der Waals surface area contributed by atoms with E-state index in [1.807, 2.05) is 43.3 Å². The number of nitrogen functional groups attached to an aromatic ring is 1. The zero-order chi connectivity index (χ0) is 16.7. The minimum absolute atomic E-state index is 0.0914. The highest BCUT2D eigenvalue weighted by Gasteiger charge is 2.05. The van der Waals surface area contributed by atoms with Gasteiger partial charge in [-0.25, -0.2) is 5.43 Å². The van der Waals surface area contributed by atoms with E-state index in [4.69, 9.17) is 10.5 Å². The van der Waals surface area contributed by atoms with Gasteiger partial charge in [0.25, 0.3) is 5.91 Å². The van der Waals surface area contributed by atoms with Gasteiger partial charge in [-0.1, -0.05) is 24.3 Å². The van der Waals surface area contributed by atoms with Gasteiger partial charge in [-0.05, 0) is 36.8 Å². The summed E-state index contributed by atoms with van der Waals surface area (Å²) in [6, 6.07) is 14.7. The van der Waals surface area contributed by atoms with Crippen LogP contribution < -0.4 is 21.2 Å². The molecule has 0 bridgehead atoms. The normalized spacial score (nSPS) is 11.0. The summed E-state index contributed by atoms with van der Waals surface area (Å²) >= 11 is 0. The van der Waals surface area contributed by atoms with E-state index in [1.165, 1.54) is 0 Å². The summed E-state index contributed by atoms with van der Waals surface area (Å²) in [4.78, 5) is 11.9. The average Bonchev–Trinajstić information content (AvgIpc) is 2.58. The van der Waals surface area contributed by atoms with Gasteiger partial charge in [-0.2, -0.15) is 5.10 Å². The summed E-state index contributed by atoms with van der Waals surface area (Å²) in [5.74, 6) is 0.430. The Morgan fingerprint density at radius 2 is 2.00 bits per heavy atom. The van der Waals surface area contributed by atoms with Crippen LogP contribution in [0.2, 0.25) is 0 Å². The number of nitrogens with zero attached hydrogens (tertiary/aromatic N) is 1. The summed E-state index contributed by atoms with van der Waals surface area (Å²) in [5, 5.41) is 7.09. The van der Waals surface area contributed by atoms with Gasteiger partial charge in [0.05, 0.1) is 25.1 Å². The Morgan fingerprint density at radius 1 is 1.22 bits per heavy atom. The lowest BCUT2D eigenvalue weighted by Crippen LogP contribution is -2.26. The first kappa shape index (κ1) is 16.4. The Bertz CT molecular complexity index is 713. The molecule has 0 radical (unpaired) electrons. The number of benzene rings is 2. The summed E-state index contributed by atoms with van der Waals surface area (Å²) < 4.78 is 5.21. The molecule has 0 heterocycles. The Hall–Kier alpha value is -3.02. The molecule has 2 aromatic rings. The van der Waals surface area contributed by atoms with Crippen molar-refractivity contribution < 1.29 is 9.53 Å². The predicted molar refractivity (Wildman–Crippen MR) is 92.7 cm³/mol. The molecule has 0 atom stereocenters. The van der Waals surface area contributed by atoms with E-state index in [0.29, 0.717) is 17.1 Å². The predicted octanol–water partition coefficient (Wildman–Crippen LogP) is 2.23. The summed E-state index contributed by atoms with van der Waals surface area (Å²) in [6.07, 6.45) is 0. The van der Waals surface area contributed by atoms with Crippen molar-refractivity contribution in [3.63, 3.8) is 0 Å². The largest absolute Gasteiger partial charge is 0.495 e. The second kappa shape index (κ2) is 7.84. The number of methoxy groups -OCH3 is 1.